The van der Waals surface area contributed by atoms with Gasteiger partial charge in [0, 0.05) is 23.0 Å². The number of hydrogen-bond donors (Lipinski definition) is 1. The number of likely N-dealkylation sites (N-methyl/N-ethyl adjacent to an activating group) is 1. The van der Waals surface area contributed by atoms with Gasteiger partial charge >= 0.3 is 5.97 Å². The summed E-state index contributed by atoms with van der Waals surface area (Å²) in [4.78, 5) is 38.4. The van der Waals surface area contributed by atoms with Crippen LogP contribution in [0.15, 0.2) is 69.9 Å². The van der Waals surface area contributed by atoms with E-state index in [0.29, 0.717) is 16.5 Å². The highest BCUT2D eigenvalue weighted by molar-refractivity contribution is 6.30. The third kappa shape index (κ3) is 4.26. The Morgan fingerprint density at radius 2 is 1.75 bits per heavy atom. The number of carboxylic acids is 1. The molecule has 2 heterocycles. The first-order valence-electron chi connectivity index (χ1n) is 9.65. The molecule has 1 amide bonds. The maximum absolute atomic E-state index is 12.7. The Morgan fingerprint density at radius 1 is 1.06 bits per heavy atom. The second kappa shape index (κ2) is 8.68. The van der Waals surface area contributed by atoms with Crippen LogP contribution in [0.3, 0.4) is 0 Å². The van der Waals surface area contributed by atoms with Gasteiger partial charge in [0.1, 0.15) is 18.1 Å². The van der Waals surface area contributed by atoms with Gasteiger partial charge in [-0.05, 0) is 42.5 Å². The van der Waals surface area contributed by atoms with E-state index in [9.17, 15) is 19.5 Å². The van der Waals surface area contributed by atoms with Crippen LogP contribution in [0, 0.1) is 0 Å². The lowest BCUT2D eigenvalue weighted by Gasteiger charge is -2.16. The number of benzene rings is 2. The van der Waals surface area contributed by atoms with E-state index in [1.165, 1.54) is 17.0 Å². The molecule has 0 bridgehead atoms. The number of hydrogen-bond acceptors (Lipinski definition) is 5. The van der Waals surface area contributed by atoms with E-state index in [0.717, 1.165) is 10.2 Å². The molecule has 0 aliphatic rings. The van der Waals surface area contributed by atoms with Gasteiger partial charge < -0.3 is 14.4 Å². The first-order valence-corrected chi connectivity index (χ1v) is 10.0. The average Bonchev–Trinajstić information content (AvgIpc) is 3.24. The van der Waals surface area contributed by atoms with Gasteiger partial charge in [-0.25, -0.2) is 9.48 Å². The Hall–Kier alpha value is -3.91. The topological polar surface area (TPSA) is 106 Å². The standard InChI is InChI=1S/C23H18ClN3O5/c1-26(12-16-10-11-19(32-16)14-6-8-15(24)9-7-14)20(28)13-27-22(29)18-5-3-2-4-17(18)21(25-27)23(30)31/h2-11H,12-13H2,1H3,(H,30,31). The van der Waals surface area contributed by atoms with Crippen molar-refractivity contribution in [2.24, 2.45) is 0 Å². The first kappa shape index (κ1) is 21.3. The SMILES string of the molecule is CN(Cc1ccc(-c2ccc(Cl)cc2)o1)C(=O)Cn1nc(C(=O)O)c2ccccc2c1=O. The lowest BCUT2D eigenvalue weighted by atomic mass is 10.1. The van der Waals surface area contributed by atoms with E-state index in [-0.39, 0.29) is 23.0 Å². The molecule has 0 aliphatic heterocycles. The number of aromatic carboxylic acids is 1. The van der Waals surface area contributed by atoms with Crippen molar-refractivity contribution in [3.63, 3.8) is 0 Å². The second-order valence-corrected chi connectivity index (χ2v) is 7.62. The summed E-state index contributed by atoms with van der Waals surface area (Å²) in [6.07, 6.45) is 0. The van der Waals surface area contributed by atoms with Crippen LogP contribution in [-0.2, 0) is 17.9 Å². The van der Waals surface area contributed by atoms with Crippen LogP contribution in [0.1, 0.15) is 16.2 Å². The molecule has 2 aromatic heterocycles. The zero-order valence-corrected chi connectivity index (χ0v) is 17.7. The van der Waals surface area contributed by atoms with E-state index in [2.05, 4.69) is 5.10 Å². The summed E-state index contributed by atoms with van der Waals surface area (Å²) in [7, 11) is 1.57. The minimum Gasteiger partial charge on any atom is -0.476 e. The maximum Gasteiger partial charge on any atom is 0.357 e. The number of carboxylic acid groups (broad SMARTS) is 1. The van der Waals surface area contributed by atoms with Crippen molar-refractivity contribution in [3.05, 3.63) is 87.5 Å². The molecule has 0 unspecified atom stereocenters. The van der Waals surface area contributed by atoms with Crippen LogP contribution in [0.2, 0.25) is 5.02 Å². The molecule has 0 radical (unpaired) electrons. The number of aromatic nitrogens is 2. The Morgan fingerprint density at radius 3 is 2.44 bits per heavy atom. The summed E-state index contributed by atoms with van der Waals surface area (Å²) in [6, 6.07) is 17.0. The smallest absolute Gasteiger partial charge is 0.357 e. The van der Waals surface area contributed by atoms with Crippen LogP contribution in [-0.4, -0.2) is 38.7 Å². The average molecular weight is 452 g/mol. The minimum atomic E-state index is -1.28. The van der Waals surface area contributed by atoms with E-state index in [1.807, 2.05) is 12.1 Å². The number of rotatable bonds is 6. The Kier molecular flexibility index (Phi) is 5.79. The third-order valence-electron chi connectivity index (χ3n) is 4.96. The van der Waals surface area contributed by atoms with Gasteiger partial charge in [0.2, 0.25) is 5.91 Å². The number of carbonyl (C=O) groups is 2. The van der Waals surface area contributed by atoms with Crippen LogP contribution >= 0.6 is 11.6 Å². The summed E-state index contributed by atoms with van der Waals surface area (Å²) in [5.74, 6) is -0.511. The molecule has 1 N–H and O–H groups in total. The van der Waals surface area contributed by atoms with Gasteiger partial charge in [0.25, 0.3) is 5.56 Å². The van der Waals surface area contributed by atoms with Crippen LogP contribution in [0.5, 0.6) is 0 Å². The number of nitrogens with zero attached hydrogens (tertiary/aromatic N) is 3. The monoisotopic (exact) mass is 451 g/mol. The molecule has 4 aromatic rings. The minimum absolute atomic E-state index is 0.167. The van der Waals surface area contributed by atoms with Crippen molar-refractivity contribution in [2.75, 3.05) is 7.05 Å². The normalized spacial score (nSPS) is 10.9. The molecule has 0 fully saturated rings. The Balaban J connectivity index is 1.53. The number of carbonyl (C=O) groups excluding carboxylic acids is 1. The fourth-order valence-corrected chi connectivity index (χ4v) is 3.43. The summed E-state index contributed by atoms with van der Waals surface area (Å²) in [5, 5.41) is 14.4. The van der Waals surface area contributed by atoms with E-state index in [1.54, 1.807) is 43.4 Å². The maximum atomic E-state index is 12.7. The predicted molar refractivity (Wildman–Crippen MR) is 119 cm³/mol. The van der Waals surface area contributed by atoms with Gasteiger partial charge in [0.05, 0.1) is 11.9 Å². The molecule has 0 saturated heterocycles. The molecule has 0 saturated carbocycles. The molecular formula is C23H18ClN3O5. The fourth-order valence-electron chi connectivity index (χ4n) is 3.30. The second-order valence-electron chi connectivity index (χ2n) is 7.18. The van der Waals surface area contributed by atoms with Crippen molar-refractivity contribution in [2.45, 2.75) is 13.1 Å². The van der Waals surface area contributed by atoms with Crippen LogP contribution < -0.4 is 5.56 Å². The molecule has 2 aromatic carbocycles. The lowest BCUT2D eigenvalue weighted by Crippen LogP contribution is -2.35. The fraction of sp³-hybridized carbons (Fsp3) is 0.130. The van der Waals surface area contributed by atoms with Gasteiger partial charge in [-0.15, -0.1) is 0 Å². The third-order valence-corrected chi connectivity index (χ3v) is 5.22. The Labute approximate surface area is 187 Å². The molecule has 0 spiro atoms. The summed E-state index contributed by atoms with van der Waals surface area (Å²) in [6.45, 7) is -0.230. The van der Waals surface area contributed by atoms with Gasteiger partial charge in [-0.2, -0.15) is 5.10 Å². The highest BCUT2D eigenvalue weighted by Gasteiger charge is 2.19. The molecular weight excluding hydrogens is 434 g/mol. The molecule has 32 heavy (non-hydrogen) atoms. The van der Waals surface area contributed by atoms with Crippen LogP contribution in [0.4, 0.5) is 0 Å². The number of furan rings is 1. The first-order chi connectivity index (χ1) is 15.3. The van der Waals surface area contributed by atoms with Crippen molar-refractivity contribution in [1.29, 1.82) is 0 Å². The lowest BCUT2D eigenvalue weighted by molar-refractivity contribution is -0.131. The number of fused-ring (bicyclic) bond motifs is 1. The largest absolute Gasteiger partial charge is 0.476 e. The molecule has 162 valence electrons. The van der Waals surface area contributed by atoms with Gasteiger partial charge in [0.15, 0.2) is 5.69 Å². The van der Waals surface area contributed by atoms with Crippen LogP contribution in [0.25, 0.3) is 22.1 Å². The van der Waals surface area contributed by atoms with Crippen molar-refractivity contribution in [3.8, 4) is 11.3 Å². The van der Waals surface area contributed by atoms with Gasteiger partial charge in [-0.3, -0.25) is 9.59 Å². The predicted octanol–water partition coefficient (Wildman–Crippen LogP) is 3.67. The zero-order chi connectivity index (χ0) is 22.8. The van der Waals surface area contributed by atoms with E-state index >= 15 is 0 Å². The van der Waals surface area contributed by atoms with Crippen molar-refractivity contribution in [1.82, 2.24) is 14.7 Å². The molecule has 8 nitrogen and oxygen atoms in total. The molecule has 0 aliphatic carbocycles. The number of amides is 1. The molecule has 9 heteroatoms. The quantitative estimate of drug-likeness (QED) is 0.479. The highest BCUT2D eigenvalue weighted by atomic mass is 35.5. The molecule has 0 atom stereocenters. The zero-order valence-electron chi connectivity index (χ0n) is 17.0. The van der Waals surface area contributed by atoms with E-state index in [4.69, 9.17) is 16.0 Å². The summed E-state index contributed by atoms with van der Waals surface area (Å²) >= 11 is 5.91. The van der Waals surface area contributed by atoms with Crippen molar-refractivity contribution < 1.29 is 19.1 Å². The van der Waals surface area contributed by atoms with Gasteiger partial charge in [-0.1, -0.05) is 29.8 Å². The Bertz CT molecular complexity index is 1370. The number of halogens is 1. The highest BCUT2D eigenvalue weighted by Crippen LogP contribution is 2.24. The summed E-state index contributed by atoms with van der Waals surface area (Å²) < 4.78 is 6.69. The van der Waals surface area contributed by atoms with E-state index < -0.39 is 24.0 Å². The van der Waals surface area contributed by atoms with Crippen molar-refractivity contribution >= 4 is 34.2 Å². The molecule has 4 rings (SSSR count). The summed E-state index contributed by atoms with van der Waals surface area (Å²) in [5.41, 5.74) is 0.0346.